The Morgan fingerprint density at radius 3 is 1.62 bits per heavy atom. The molecular formula is C6H14N4O2S. The summed E-state index contributed by atoms with van der Waals surface area (Å²) in [6, 6.07) is 0. The van der Waals surface area contributed by atoms with E-state index >= 15 is 0 Å². The second-order valence-electron chi connectivity index (χ2n) is 2.44. The quantitative estimate of drug-likeness (QED) is 0.253. The van der Waals surface area contributed by atoms with E-state index in [0.717, 1.165) is 0 Å². The topological polar surface area (TPSA) is 110 Å². The second kappa shape index (κ2) is 5.79. The maximum Gasteiger partial charge on any atom is 0.246 e. The van der Waals surface area contributed by atoms with Gasteiger partial charge in [-0.3, -0.25) is 20.4 Å². The number of hydrogen-bond donors (Lipinski definition) is 4. The molecular weight excluding hydrogens is 192 g/mol. The van der Waals surface area contributed by atoms with E-state index in [1.165, 1.54) is 11.8 Å². The number of carbonyl (C=O) groups is 2. The summed E-state index contributed by atoms with van der Waals surface area (Å²) in [6.07, 6.45) is 0. The van der Waals surface area contributed by atoms with Gasteiger partial charge in [-0.05, 0) is 13.8 Å². The molecule has 0 rings (SSSR count). The molecule has 0 aromatic heterocycles. The number of nitrogens with two attached hydrogens (primary N) is 2. The minimum atomic E-state index is -0.378. The van der Waals surface area contributed by atoms with Gasteiger partial charge in [0.25, 0.3) is 0 Å². The van der Waals surface area contributed by atoms with Crippen LogP contribution in [0.25, 0.3) is 0 Å². The summed E-state index contributed by atoms with van der Waals surface area (Å²) in [6.45, 7) is 3.32. The van der Waals surface area contributed by atoms with E-state index in [-0.39, 0.29) is 22.3 Å². The number of carbonyl (C=O) groups excluding carboxylic acids is 2. The first-order valence-corrected chi connectivity index (χ1v) is 4.63. The molecule has 0 aliphatic carbocycles. The summed E-state index contributed by atoms with van der Waals surface area (Å²) in [7, 11) is 0. The Labute approximate surface area is 80.7 Å². The van der Waals surface area contributed by atoms with Crippen LogP contribution in [0.4, 0.5) is 0 Å². The molecule has 76 valence electrons. The Bertz CT molecular complexity index is 179. The molecule has 0 aromatic carbocycles. The van der Waals surface area contributed by atoms with Crippen LogP contribution >= 0.6 is 11.8 Å². The van der Waals surface area contributed by atoms with Crippen LogP contribution in [0.5, 0.6) is 0 Å². The van der Waals surface area contributed by atoms with E-state index in [4.69, 9.17) is 11.7 Å². The van der Waals surface area contributed by atoms with Crippen LogP contribution < -0.4 is 22.5 Å². The lowest BCUT2D eigenvalue weighted by atomic mass is 10.4. The highest BCUT2D eigenvalue weighted by Gasteiger charge is 2.19. The van der Waals surface area contributed by atoms with Crippen molar-refractivity contribution in [1.82, 2.24) is 10.9 Å². The minimum Gasteiger partial charge on any atom is -0.293 e. The van der Waals surface area contributed by atoms with E-state index in [1.54, 1.807) is 13.8 Å². The van der Waals surface area contributed by atoms with E-state index in [0.29, 0.717) is 0 Å². The molecule has 0 aromatic rings. The average Bonchev–Trinajstić information content (AvgIpc) is 2.14. The fourth-order valence-corrected chi connectivity index (χ4v) is 1.66. The summed E-state index contributed by atoms with van der Waals surface area (Å²) in [5, 5.41) is -0.755. The molecule has 0 saturated carbocycles. The molecule has 0 aliphatic rings. The standard InChI is InChI=1S/C6H14N4O2S/c1-3(5(11)9-7)13-4(2)6(12)10-8/h3-4H,7-8H2,1-2H3,(H,9,11)(H,10,12)/t3-,4-/m0/s1. The molecule has 6 nitrogen and oxygen atoms in total. The summed E-state index contributed by atoms with van der Waals surface area (Å²) >= 11 is 1.18. The van der Waals surface area contributed by atoms with Crippen molar-refractivity contribution in [2.75, 3.05) is 0 Å². The molecule has 0 unspecified atom stereocenters. The van der Waals surface area contributed by atoms with Gasteiger partial charge in [0.2, 0.25) is 11.8 Å². The number of rotatable bonds is 4. The van der Waals surface area contributed by atoms with Crippen LogP contribution in [0.2, 0.25) is 0 Å². The van der Waals surface area contributed by atoms with Gasteiger partial charge in [-0.2, -0.15) is 0 Å². The second-order valence-corrected chi connectivity index (χ2v) is 4.12. The Kier molecular flexibility index (Phi) is 5.44. The Morgan fingerprint density at radius 2 is 1.38 bits per heavy atom. The zero-order valence-corrected chi connectivity index (χ0v) is 8.35. The van der Waals surface area contributed by atoms with Crippen molar-refractivity contribution in [3.05, 3.63) is 0 Å². The number of amides is 2. The van der Waals surface area contributed by atoms with Gasteiger partial charge in [-0.15, -0.1) is 11.8 Å². The smallest absolute Gasteiger partial charge is 0.246 e. The fourth-order valence-electron chi connectivity index (χ4n) is 0.664. The fraction of sp³-hybridized carbons (Fsp3) is 0.667. The lowest BCUT2D eigenvalue weighted by Crippen LogP contribution is -2.40. The van der Waals surface area contributed by atoms with Gasteiger partial charge < -0.3 is 0 Å². The van der Waals surface area contributed by atoms with E-state index < -0.39 is 0 Å². The molecule has 0 aliphatic heterocycles. The largest absolute Gasteiger partial charge is 0.293 e. The first-order valence-electron chi connectivity index (χ1n) is 3.69. The Balaban J connectivity index is 3.98. The summed E-state index contributed by atoms with van der Waals surface area (Å²) in [4.78, 5) is 21.9. The van der Waals surface area contributed by atoms with Crippen LogP contribution in [0.3, 0.4) is 0 Å². The zero-order chi connectivity index (χ0) is 10.4. The number of thioether (sulfide) groups is 1. The molecule has 0 bridgehead atoms. The van der Waals surface area contributed by atoms with E-state index in [1.807, 2.05) is 10.9 Å². The van der Waals surface area contributed by atoms with Gasteiger partial charge in [0.1, 0.15) is 0 Å². The summed E-state index contributed by atoms with van der Waals surface area (Å²) < 4.78 is 0. The monoisotopic (exact) mass is 206 g/mol. The zero-order valence-electron chi connectivity index (χ0n) is 7.53. The minimum absolute atomic E-state index is 0.318. The van der Waals surface area contributed by atoms with Crippen LogP contribution in [0.1, 0.15) is 13.8 Å². The van der Waals surface area contributed by atoms with Crippen LogP contribution in [-0.4, -0.2) is 22.3 Å². The van der Waals surface area contributed by atoms with Gasteiger partial charge in [-0.1, -0.05) is 0 Å². The molecule has 7 heteroatoms. The lowest BCUT2D eigenvalue weighted by Gasteiger charge is -2.13. The highest BCUT2D eigenvalue weighted by atomic mass is 32.2. The van der Waals surface area contributed by atoms with Gasteiger partial charge in [0.15, 0.2) is 0 Å². The maximum atomic E-state index is 10.9. The third-order valence-corrected chi connectivity index (χ3v) is 2.68. The average molecular weight is 206 g/mol. The Hall–Kier alpha value is -0.790. The maximum absolute atomic E-state index is 10.9. The van der Waals surface area contributed by atoms with Gasteiger partial charge in [0, 0.05) is 0 Å². The molecule has 13 heavy (non-hydrogen) atoms. The molecule has 0 saturated heterocycles. The third kappa shape index (κ3) is 4.11. The van der Waals surface area contributed by atoms with Gasteiger partial charge >= 0.3 is 0 Å². The van der Waals surface area contributed by atoms with Crippen LogP contribution in [0.15, 0.2) is 0 Å². The number of hydrogen-bond acceptors (Lipinski definition) is 5. The number of nitrogens with one attached hydrogen (secondary N) is 2. The normalized spacial score (nSPS) is 14.5. The molecule has 2 atom stereocenters. The first kappa shape index (κ1) is 12.2. The van der Waals surface area contributed by atoms with Crippen LogP contribution in [0, 0.1) is 0 Å². The van der Waals surface area contributed by atoms with Crippen molar-refractivity contribution in [2.24, 2.45) is 11.7 Å². The van der Waals surface area contributed by atoms with Crippen molar-refractivity contribution in [1.29, 1.82) is 0 Å². The van der Waals surface area contributed by atoms with E-state index in [2.05, 4.69) is 0 Å². The molecule has 2 amide bonds. The first-order chi connectivity index (χ1) is 6.02. The summed E-state index contributed by atoms with van der Waals surface area (Å²) in [5.41, 5.74) is 4.01. The molecule has 0 fully saturated rings. The molecule has 0 radical (unpaired) electrons. The Morgan fingerprint density at radius 1 is 1.08 bits per heavy atom. The van der Waals surface area contributed by atoms with Crippen molar-refractivity contribution in [2.45, 2.75) is 24.3 Å². The highest BCUT2D eigenvalue weighted by molar-refractivity contribution is 8.01. The SMILES string of the molecule is C[C@H](S[C@@H](C)C(=O)NN)C(=O)NN. The van der Waals surface area contributed by atoms with Crippen molar-refractivity contribution >= 4 is 23.6 Å². The van der Waals surface area contributed by atoms with E-state index in [9.17, 15) is 9.59 Å². The predicted octanol–water partition coefficient (Wildman–Crippen LogP) is -1.52. The van der Waals surface area contributed by atoms with Crippen molar-refractivity contribution in [3.63, 3.8) is 0 Å². The van der Waals surface area contributed by atoms with Gasteiger partial charge in [0.05, 0.1) is 10.5 Å². The molecule has 6 N–H and O–H groups in total. The lowest BCUT2D eigenvalue weighted by molar-refractivity contribution is -0.120. The predicted molar refractivity (Wildman–Crippen MR) is 51.2 cm³/mol. The highest BCUT2D eigenvalue weighted by Crippen LogP contribution is 2.16. The number of hydrazine groups is 2. The molecule has 0 heterocycles. The van der Waals surface area contributed by atoms with Crippen molar-refractivity contribution in [3.8, 4) is 0 Å². The van der Waals surface area contributed by atoms with Gasteiger partial charge in [-0.25, -0.2) is 11.7 Å². The van der Waals surface area contributed by atoms with Crippen LogP contribution in [-0.2, 0) is 9.59 Å². The summed E-state index contributed by atoms with van der Waals surface area (Å²) in [5.74, 6) is 9.20. The third-order valence-electron chi connectivity index (χ3n) is 1.43. The van der Waals surface area contributed by atoms with Crippen molar-refractivity contribution < 1.29 is 9.59 Å². The molecule has 0 spiro atoms.